The van der Waals surface area contributed by atoms with E-state index in [4.69, 9.17) is 15.0 Å². The van der Waals surface area contributed by atoms with E-state index in [-0.39, 0.29) is 24.6 Å². The van der Waals surface area contributed by atoms with Gasteiger partial charge in [-0.05, 0) is 22.9 Å². The summed E-state index contributed by atoms with van der Waals surface area (Å²) >= 11 is 0. The zero-order chi connectivity index (χ0) is 23.6. The van der Waals surface area contributed by atoms with Gasteiger partial charge in [0.2, 0.25) is 5.52 Å². The molecule has 36 heavy (non-hydrogen) atoms. The van der Waals surface area contributed by atoms with Crippen LogP contribution in [0.2, 0.25) is 0 Å². The molecule has 5 nitrogen and oxygen atoms in total. The molecule has 0 aliphatic rings. The molecular weight excluding hydrogens is 439 g/mol. The molecule has 6 rings (SSSR count). The van der Waals surface area contributed by atoms with Crippen LogP contribution in [0.3, 0.4) is 0 Å². The van der Waals surface area contributed by atoms with Crippen molar-refractivity contribution in [3.05, 3.63) is 115 Å². The third-order valence-corrected chi connectivity index (χ3v) is 5.95. The monoisotopic (exact) mass is 459 g/mol. The van der Waals surface area contributed by atoms with Crippen LogP contribution >= 0.6 is 0 Å². The summed E-state index contributed by atoms with van der Waals surface area (Å²) in [4.78, 5) is 17.4. The molecule has 0 amide bonds. The van der Waals surface area contributed by atoms with Crippen molar-refractivity contribution in [1.29, 1.82) is 0 Å². The van der Waals surface area contributed by atoms with Gasteiger partial charge in [0.15, 0.2) is 23.7 Å². The van der Waals surface area contributed by atoms with Crippen LogP contribution < -0.4 is 29.0 Å². The number of rotatable bonds is 4. The van der Waals surface area contributed by atoms with Crippen LogP contribution in [0.4, 0.5) is 0 Å². The second-order valence-electron chi connectivity index (χ2n) is 8.19. The van der Waals surface area contributed by atoms with Gasteiger partial charge in [0.25, 0.3) is 0 Å². The van der Waals surface area contributed by atoms with Crippen molar-refractivity contribution in [3.63, 3.8) is 0 Å². The van der Waals surface area contributed by atoms with Crippen LogP contribution in [0, 0.1) is 0 Å². The molecule has 6 heteroatoms. The fourth-order valence-electron chi connectivity index (χ4n) is 4.19. The second kappa shape index (κ2) is 10.1. The molecule has 6 aromatic rings. The summed E-state index contributed by atoms with van der Waals surface area (Å²) in [6.07, 6.45) is 1.77. The van der Waals surface area contributed by atoms with Gasteiger partial charge in [-0.3, -0.25) is 0 Å². The third kappa shape index (κ3) is 4.50. The minimum Gasteiger partial charge on any atom is -0.868 e. The number of hydrogen-bond donors (Lipinski definition) is 0. The predicted octanol–water partition coefficient (Wildman–Crippen LogP) is 2.58. The number of nitrogens with zero attached hydrogens (tertiary/aromatic N) is 3. The van der Waals surface area contributed by atoms with Crippen molar-refractivity contribution in [2.45, 2.75) is 0 Å². The van der Waals surface area contributed by atoms with E-state index in [2.05, 4.69) is 4.98 Å². The standard InChI is InChI=1S/C30H20N4O.Li/c35-26-18-17-24(25-12-7-19-31-27(25)26)20-13-15-23(16-14-20)30-33-28(21-8-3-1-4-9-21)32-29(34-30)22-10-5-2-6-11-22;/h1-19,35H;/q;+1. The summed E-state index contributed by atoms with van der Waals surface area (Å²) in [5.41, 5.74) is 5.37. The molecule has 0 spiro atoms. The van der Waals surface area contributed by atoms with Crippen molar-refractivity contribution in [2.75, 3.05) is 0 Å². The van der Waals surface area contributed by atoms with Gasteiger partial charge in [-0.1, -0.05) is 97.1 Å². The van der Waals surface area contributed by atoms with Gasteiger partial charge in [-0.15, -0.1) is 0 Å². The van der Waals surface area contributed by atoms with Gasteiger partial charge in [0, 0.05) is 22.8 Å². The number of benzene rings is 4. The molecule has 0 fully saturated rings. The van der Waals surface area contributed by atoms with E-state index in [9.17, 15) is 5.11 Å². The summed E-state index contributed by atoms with van der Waals surface area (Å²) in [5, 5.41) is 13.1. The van der Waals surface area contributed by atoms with Crippen molar-refractivity contribution in [2.24, 2.45) is 0 Å². The first-order chi connectivity index (χ1) is 17.3. The molecule has 0 atom stereocenters. The summed E-state index contributed by atoms with van der Waals surface area (Å²) < 4.78 is 0. The third-order valence-electron chi connectivity index (χ3n) is 5.95. The fraction of sp³-hybridized carbons (Fsp3) is 0. The van der Waals surface area contributed by atoms with Gasteiger partial charge in [-0.2, -0.15) is 0 Å². The predicted molar refractivity (Wildman–Crippen MR) is 135 cm³/mol. The number of fused-ring (bicyclic) bond motifs is 1. The summed E-state index contributed by atoms with van der Waals surface area (Å²) in [7, 11) is 0. The maximum atomic E-state index is 12.2. The molecule has 0 unspecified atom stereocenters. The molecule has 0 aliphatic heterocycles. The quantitative estimate of drug-likeness (QED) is 0.380. The Morgan fingerprint density at radius 1 is 0.500 bits per heavy atom. The first-order valence-corrected chi connectivity index (χ1v) is 11.3. The minimum atomic E-state index is -0.0203. The average molecular weight is 459 g/mol. The van der Waals surface area contributed by atoms with Gasteiger partial charge in [0.1, 0.15) is 0 Å². The molecule has 0 radical (unpaired) electrons. The van der Waals surface area contributed by atoms with Crippen molar-refractivity contribution < 1.29 is 29.0 Å². The Labute approximate surface area is 220 Å². The van der Waals surface area contributed by atoms with Gasteiger partial charge < -0.3 is 5.11 Å². The first kappa shape index (κ1) is 23.4. The minimum absolute atomic E-state index is 0. The SMILES string of the molecule is [Li+].[O-]c1ccc(-c2ccc(-c3nc(-c4ccccc4)nc(-c4ccccc4)n3)cc2)c2ccc[nH+]c12. The number of aromatic nitrogens is 4. The Balaban J connectivity index is 0.00000267. The van der Waals surface area contributed by atoms with Crippen molar-refractivity contribution in [3.8, 4) is 51.0 Å². The topological polar surface area (TPSA) is 75.9 Å². The molecule has 0 bridgehead atoms. The molecular formula is C30H20LiN4O+. The van der Waals surface area contributed by atoms with E-state index in [0.29, 0.717) is 23.0 Å². The van der Waals surface area contributed by atoms with E-state index in [1.54, 1.807) is 12.3 Å². The van der Waals surface area contributed by atoms with Crippen LogP contribution in [0.25, 0.3) is 56.2 Å². The number of H-pyrrole nitrogens is 1. The Morgan fingerprint density at radius 3 is 1.56 bits per heavy atom. The molecule has 0 saturated carbocycles. The molecule has 0 saturated heterocycles. The fourth-order valence-corrected chi connectivity index (χ4v) is 4.19. The Morgan fingerprint density at radius 2 is 1.00 bits per heavy atom. The second-order valence-corrected chi connectivity index (χ2v) is 8.19. The van der Waals surface area contributed by atoms with E-state index >= 15 is 0 Å². The Kier molecular flexibility index (Phi) is 6.60. The van der Waals surface area contributed by atoms with E-state index in [0.717, 1.165) is 33.2 Å². The normalized spacial score (nSPS) is 10.7. The molecule has 2 aromatic heterocycles. The van der Waals surface area contributed by atoms with Gasteiger partial charge in [-0.25, -0.2) is 19.9 Å². The van der Waals surface area contributed by atoms with Gasteiger partial charge in [0.05, 0.1) is 5.39 Å². The molecule has 4 aromatic carbocycles. The van der Waals surface area contributed by atoms with Crippen LogP contribution in [-0.2, 0) is 0 Å². The van der Waals surface area contributed by atoms with Crippen LogP contribution in [0.5, 0.6) is 5.75 Å². The van der Waals surface area contributed by atoms with Crippen LogP contribution in [-0.4, -0.2) is 15.0 Å². The molecule has 166 valence electrons. The molecule has 1 N–H and O–H groups in total. The van der Waals surface area contributed by atoms with E-state index in [1.165, 1.54) is 0 Å². The largest absolute Gasteiger partial charge is 1.00 e. The number of aromatic amines is 1. The average Bonchev–Trinajstić information content (AvgIpc) is 2.94. The van der Waals surface area contributed by atoms with Gasteiger partial charge >= 0.3 is 18.9 Å². The zero-order valence-electron chi connectivity index (χ0n) is 19.7. The maximum Gasteiger partial charge on any atom is 1.00 e. The molecule has 0 aliphatic carbocycles. The summed E-state index contributed by atoms with van der Waals surface area (Å²) in [6.45, 7) is 0. The zero-order valence-corrected chi connectivity index (χ0v) is 19.7. The summed E-state index contributed by atoms with van der Waals surface area (Å²) in [5.74, 6) is 1.85. The Hall–Kier alpha value is -4.30. The molecule has 2 heterocycles. The number of pyridine rings is 1. The number of hydrogen-bond acceptors (Lipinski definition) is 4. The smallest absolute Gasteiger partial charge is 0.868 e. The van der Waals surface area contributed by atoms with Crippen LogP contribution in [0.15, 0.2) is 115 Å². The van der Waals surface area contributed by atoms with Crippen molar-refractivity contribution >= 4 is 10.9 Å². The summed E-state index contributed by atoms with van der Waals surface area (Å²) in [6, 6.07) is 35.3. The van der Waals surface area contributed by atoms with Crippen LogP contribution in [0.1, 0.15) is 0 Å². The van der Waals surface area contributed by atoms with Crippen molar-refractivity contribution in [1.82, 2.24) is 15.0 Å². The Bertz CT molecular complexity index is 1580. The van der Waals surface area contributed by atoms with E-state index < -0.39 is 0 Å². The van der Waals surface area contributed by atoms with E-state index in [1.807, 2.05) is 103 Å². The number of nitrogens with one attached hydrogen (secondary N) is 1. The first-order valence-electron chi connectivity index (χ1n) is 11.3. The maximum absolute atomic E-state index is 12.2.